The van der Waals surface area contributed by atoms with E-state index >= 15 is 0 Å². The minimum Gasteiger partial charge on any atom is -0.496 e. The van der Waals surface area contributed by atoms with Crippen LogP contribution in [0.3, 0.4) is 0 Å². The van der Waals surface area contributed by atoms with Crippen molar-refractivity contribution in [1.82, 2.24) is 0 Å². The van der Waals surface area contributed by atoms with E-state index in [2.05, 4.69) is 12.1 Å². The number of para-hydroxylation sites is 2. The van der Waals surface area contributed by atoms with Crippen molar-refractivity contribution in [3.8, 4) is 11.5 Å². The Morgan fingerprint density at radius 2 is 1.11 bits per heavy atom. The molecule has 19 heavy (non-hydrogen) atoms. The summed E-state index contributed by atoms with van der Waals surface area (Å²) in [7, 11) is 8.45. The summed E-state index contributed by atoms with van der Waals surface area (Å²) in [5.41, 5.74) is 0. The third-order valence-electron chi connectivity index (χ3n) is 2.39. The van der Waals surface area contributed by atoms with Gasteiger partial charge in [-0.1, -0.05) is 24.3 Å². The molecule has 0 aliphatic rings. The molecule has 0 bridgehead atoms. The van der Waals surface area contributed by atoms with Crippen molar-refractivity contribution in [3.05, 3.63) is 48.5 Å². The summed E-state index contributed by atoms with van der Waals surface area (Å²) in [5.74, 6) is 1.81. The molecule has 100 valence electrons. The molecule has 0 spiro atoms. The normalized spacial score (nSPS) is 10.2. The molecule has 0 saturated carbocycles. The lowest BCUT2D eigenvalue weighted by molar-refractivity contribution is 0.405. The maximum absolute atomic E-state index is 5.32. The van der Waals surface area contributed by atoms with Crippen LogP contribution in [-0.2, 0) is 0 Å². The van der Waals surface area contributed by atoms with Crippen LogP contribution in [0.1, 0.15) is 0 Å². The average Bonchev–Trinajstić information content (AvgIpc) is 2.48. The zero-order chi connectivity index (χ0) is 13.5. The second kappa shape index (κ2) is 7.62. The largest absolute Gasteiger partial charge is 0.496 e. The van der Waals surface area contributed by atoms with Gasteiger partial charge < -0.3 is 9.47 Å². The first-order valence-electron chi connectivity index (χ1n) is 5.62. The highest BCUT2D eigenvalue weighted by atomic mass is 33.5. The van der Waals surface area contributed by atoms with Crippen molar-refractivity contribution >= 4 is 31.4 Å². The third-order valence-corrected chi connectivity index (χ3v) is 6.27. The lowest BCUT2D eigenvalue weighted by Gasteiger charge is -2.08. The first-order valence-corrected chi connectivity index (χ1v) is 9.10. The smallest absolute Gasteiger partial charge is 0.133 e. The van der Waals surface area contributed by atoms with Gasteiger partial charge in [-0.3, -0.25) is 0 Å². The molecule has 2 nitrogen and oxygen atoms in total. The van der Waals surface area contributed by atoms with Crippen LogP contribution >= 0.6 is 31.4 Å². The van der Waals surface area contributed by atoms with E-state index in [4.69, 9.17) is 9.47 Å². The molecule has 0 N–H and O–H groups in total. The van der Waals surface area contributed by atoms with E-state index in [0.29, 0.717) is 0 Å². The Bertz CT molecular complexity index is 484. The molecule has 0 aromatic heterocycles. The Morgan fingerprint density at radius 1 is 0.684 bits per heavy atom. The van der Waals surface area contributed by atoms with E-state index < -0.39 is 0 Å². The standard InChI is InChI=1S/C14H14O2S3/c1-15-11-7-3-5-9-13(11)17-19-18-14-10-6-4-8-12(14)16-2/h3-10H,1-2H3. The van der Waals surface area contributed by atoms with E-state index in [9.17, 15) is 0 Å². The van der Waals surface area contributed by atoms with Gasteiger partial charge in [0, 0.05) is 0 Å². The number of hydrogen-bond donors (Lipinski definition) is 0. The summed E-state index contributed by atoms with van der Waals surface area (Å²) < 4.78 is 10.6. The molecule has 2 aromatic carbocycles. The molecular weight excluding hydrogens is 296 g/mol. The van der Waals surface area contributed by atoms with Crippen molar-refractivity contribution < 1.29 is 9.47 Å². The van der Waals surface area contributed by atoms with Crippen LogP contribution in [0.15, 0.2) is 58.3 Å². The second-order valence-corrected chi connectivity index (χ2v) is 7.52. The van der Waals surface area contributed by atoms with Gasteiger partial charge in [-0.05, 0) is 55.7 Å². The Hall–Kier alpha value is -0.910. The summed E-state index contributed by atoms with van der Waals surface area (Å²) in [6, 6.07) is 16.0. The molecule has 0 atom stereocenters. The molecule has 0 fully saturated rings. The van der Waals surface area contributed by atoms with Gasteiger partial charge in [-0.2, -0.15) is 0 Å². The average molecular weight is 310 g/mol. The van der Waals surface area contributed by atoms with Gasteiger partial charge in [0.05, 0.1) is 24.0 Å². The van der Waals surface area contributed by atoms with Crippen LogP contribution < -0.4 is 9.47 Å². The van der Waals surface area contributed by atoms with E-state index in [1.807, 2.05) is 36.4 Å². The predicted molar refractivity (Wildman–Crippen MR) is 85.3 cm³/mol. The monoisotopic (exact) mass is 310 g/mol. The minimum atomic E-state index is 0.903. The summed E-state index contributed by atoms with van der Waals surface area (Å²) in [6.45, 7) is 0. The number of rotatable bonds is 6. The van der Waals surface area contributed by atoms with Gasteiger partial charge in [-0.25, -0.2) is 0 Å². The first-order chi connectivity index (χ1) is 9.35. The third kappa shape index (κ3) is 4.03. The number of ether oxygens (including phenoxy) is 2. The fraction of sp³-hybridized carbons (Fsp3) is 0.143. The number of methoxy groups -OCH3 is 2. The SMILES string of the molecule is COc1ccccc1SSSc1ccccc1OC. The molecule has 2 rings (SSSR count). The summed E-state index contributed by atoms with van der Waals surface area (Å²) in [5, 5.41) is 0. The maximum Gasteiger partial charge on any atom is 0.133 e. The van der Waals surface area contributed by atoms with Crippen LogP contribution in [-0.4, -0.2) is 14.2 Å². The summed E-state index contributed by atoms with van der Waals surface area (Å²) in [4.78, 5) is 2.25. The molecule has 0 saturated heterocycles. The highest BCUT2D eigenvalue weighted by Crippen LogP contribution is 2.48. The maximum atomic E-state index is 5.32. The molecular formula is C14H14O2S3. The lowest BCUT2D eigenvalue weighted by Crippen LogP contribution is -1.84. The van der Waals surface area contributed by atoms with Gasteiger partial charge in [0.2, 0.25) is 0 Å². The van der Waals surface area contributed by atoms with E-state index in [0.717, 1.165) is 21.3 Å². The molecule has 5 heteroatoms. The fourth-order valence-electron chi connectivity index (χ4n) is 1.47. The van der Waals surface area contributed by atoms with Gasteiger partial charge >= 0.3 is 0 Å². The molecule has 2 aromatic rings. The van der Waals surface area contributed by atoms with Crippen LogP contribution in [0.25, 0.3) is 0 Å². The topological polar surface area (TPSA) is 18.5 Å². The fourth-order valence-corrected chi connectivity index (χ4v) is 5.38. The molecule has 0 radical (unpaired) electrons. The zero-order valence-corrected chi connectivity index (χ0v) is 13.1. The first kappa shape index (κ1) is 14.5. The lowest BCUT2D eigenvalue weighted by atomic mass is 10.3. The summed E-state index contributed by atoms with van der Waals surface area (Å²) in [6.07, 6.45) is 0. The molecule has 0 aliphatic carbocycles. The van der Waals surface area contributed by atoms with Crippen LogP contribution in [0.5, 0.6) is 11.5 Å². The van der Waals surface area contributed by atoms with E-state index in [1.54, 1.807) is 45.6 Å². The van der Waals surface area contributed by atoms with Gasteiger partial charge in [-0.15, -0.1) is 0 Å². The quantitative estimate of drug-likeness (QED) is 0.685. The zero-order valence-electron chi connectivity index (χ0n) is 10.7. The highest BCUT2D eigenvalue weighted by molar-refractivity contribution is 9.09. The Morgan fingerprint density at radius 3 is 1.53 bits per heavy atom. The van der Waals surface area contributed by atoms with Crippen molar-refractivity contribution in [1.29, 1.82) is 0 Å². The molecule has 0 heterocycles. The predicted octanol–water partition coefficient (Wildman–Crippen LogP) is 5.15. The molecule has 0 amide bonds. The van der Waals surface area contributed by atoms with Gasteiger partial charge in [0.15, 0.2) is 0 Å². The van der Waals surface area contributed by atoms with Gasteiger partial charge in [0.1, 0.15) is 11.5 Å². The van der Waals surface area contributed by atoms with E-state index in [-0.39, 0.29) is 0 Å². The Kier molecular flexibility index (Phi) is 5.82. The second-order valence-electron chi connectivity index (χ2n) is 3.54. The van der Waals surface area contributed by atoms with Crippen LogP contribution in [0.2, 0.25) is 0 Å². The molecule has 0 unspecified atom stereocenters. The Labute approximate surface area is 125 Å². The van der Waals surface area contributed by atoms with Crippen LogP contribution in [0, 0.1) is 0 Å². The number of hydrogen-bond acceptors (Lipinski definition) is 5. The van der Waals surface area contributed by atoms with Crippen molar-refractivity contribution in [3.63, 3.8) is 0 Å². The minimum absolute atomic E-state index is 0.903. The van der Waals surface area contributed by atoms with Crippen LogP contribution in [0.4, 0.5) is 0 Å². The van der Waals surface area contributed by atoms with Gasteiger partial charge in [0.25, 0.3) is 0 Å². The number of benzene rings is 2. The van der Waals surface area contributed by atoms with Crippen molar-refractivity contribution in [2.75, 3.05) is 14.2 Å². The summed E-state index contributed by atoms with van der Waals surface area (Å²) >= 11 is 0. The molecule has 0 aliphatic heterocycles. The van der Waals surface area contributed by atoms with Crippen molar-refractivity contribution in [2.24, 2.45) is 0 Å². The van der Waals surface area contributed by atoms with E-state index in [1.165, 1.54) is 0 Å². The van der Waals surface area contributed by atoms with Crippen molar-refractivity contribution in [2.45, 2.75) is 9.79 Å². The Balaban J connectivity index is 1.96. The highest BCUT2D eigenvalue weighted by Gasteiger charge is 2.06.